The quantitative estimate of drug-likeness (QED) is 0.754. The fourth-order valence-corrected chi connectivity index (χ4v) is 3.95. The van der Waals surface area contributed by atoms with Gasteiger partial charge in [-0.15, -0.1) is 11.3 Å². The number of hydrogen-bond acceptors (Lipinski definition) is 2. The van der Waals surface area contributed by atoms with E-state index in [1.165, 1.54) is 4.88 Å². The monoisotopic (exact) mass is 377 g/mol. The van der Waals surface area contributed by atoms with Gasteiger partial charge in [-0.05, 0) is 59.6 Å². The number of rotatable bonds is 5. The molecule has 0 saturated heterocycles. The van der Waals surface area contributed by atoms with Crippen LogP contribution >= 0.6 is 50.5 Å². The lowest BCUT2D eigenvalue weighted by Crippen LogP contribution is -2.29. The molecule has 19 heavy (non-hydrogen) atoms. The highest BCUT2D eigenvalue weighted by atomic mass is 79.9. The lowest BCUT2D eigenvalue weighted by Gasteiger charge is -2.16. The van der Waals surface area contributed by atoms with E-state index >= 15 is 0 Å². The highest BCUT2D eigenvalue weighted by molar-refractivity contribution is 9.10. The third-order valence-corrected chi connectivity index (χ3v) is 5.27. The van der Waals surface area contributed by atoms with Crippen LogP contribution in [-0.4, -0.2) is 13.1 Å². The summed E-state index contributed by atoms with van der Waals surface area (Å²) in [6.07, 6.45) is 1.88. The summed E-state index contributed by atoms with van der Waals surface area (Å²) in [6, 6.07) is 8.21. The van der Waals surface area contributed by atoms with Crippen LogP contribution in [0, 0.1) is 0 Å². The summed E-state index contributed by atoms with van der Waals surface area (Å²) in [7, 11) is 1.98. The minimum absolute atomic E-state index is 0.365. The molecule has 2 rings (SSSR count). The fourth-order valence-electron chi connectivity index (χ4n) is 1.93. The minimum atomic E-state index is 0.365. The van der Waals surface area contributed by atoms with Crippen molar-refractivity contribution in [2.24, 2.45) is 0 Å². The fraction of sp³-hybridized carbons (Fsp3) is 0.286. The van der Waals surface area contributed by atoms with Gasteiger partial charge in [-0.25, -0.2) is 0 Å². The zero-order chi connectivity index (χ0) is 13.8. The molecule has 1 aromatic carbocycles. The van der Waals surface area contributed by atoms with E-state index in [9.17, 15) is 0 Å². The molecule has 1 heterocycles. The van der Waals surface area contributed by atoms with Gasteiger partial charge >= 0.3 is 0 Å². The number of likely N-dealkylation sites (N-methyl/N-ethyl adjacent to an activating group) is 1. The number of halogens is 3. The number of thiophene rings is 1. The Balaban J connectivity index is 2.06. The van der Waals surface area contributed by atoms with Gasteiger partial charge in [-0.2, -0.15) is 0 Å². The van der Waals surface area contributed by atoms with E-state index < -0.39 is 0 Å². The Labute approximate surface area is 136 Å². The molecule has 0 radical (unpaired) electrons. The van der Waals surface area contributed by atoms with E-state index in [0.717, 1.165) is 27.9 Å². The molecule has 1 unspecified atom stereocenters. The smallest absolute Gasteiger partial charge is 0.0453 e. The maximum absolute atomic E-state index is 6.22. The molecule has 0 aliphatic heterocycles. The molecule has 0 fully saturated rings. The summed E-state index contributed by atoms with van der Waals surface area (Å²) in [5.41, 5.74) is 1.13. The van der Waals surface area contributed by atoms with Crippen LogP contribution in [0.1, 0.15) is 10.4 Å². The molecule has 0 spiro atoms. The van der Waals surface area contributed by atoms with E-state index in [-0.39, 0.29) is 0 Å². The second kappa shape index (κ2) is 7.09. The summed E-state index contributed by atoms with van der Waals surface area (Å²) < 4.78 is 1.15. The van der Waals surface area contributed by atoms with Gasteiger partial charge in [0.2, 0.25) is 0 Å². The van der Waals surface area contributed by atoms with E-state index in [2.05, 4.69) is 32.7 Å². The Morgan fingerprint density at radius 3 is 2.63 bits per heavy atom. The zero-order valence-corrected chi connectivity index (χ0v) is 14.3. The van der Waals surface area contributed by atoms with E-state index in [4.69, 9.17) is 23.2 Å². The van der Waals surface area contributed by atoms with E-state index in [1.807, 2.05) is 19.2 Å². The summed E-state index contributed by atoms with van der Waals surface area (Å²) in [5.74, 6) is 0. The molecule has 5 heteroatoms. The predicted molar refractivity (Wildman–Crippen MR) is 88.7 cm³/mol. The molecule has 0 bridgehead atoms. The predicted octanol–water partition coefficient (Wildman–Crippen LogP) is 5.19. The van der Waals surface area contributed by atoms with Crippen LogP contribution < -0.4 is 5.32 Å². The first-order valence-corrected chi connectivity index (χ1v) is 8.35. The molecule has 2 aromatic rings. The van der Waals surface area contributed by atoms with Crippen LogP contribution in [0.15, 0.2) is 34.1 Å². The molecule has 0 amide bonds. The highest BCUT2D eigenvalue weighted by Gasteiger charge is 2.12. The summed E-state index contributed by atoms with van der Waals surface area (Å²) in [6.45, 7) is 0. The third kappa shape index (κ3) is 4.47. The van der Waals surface area contributed by atoms with Crippen molar-refractivity contribution in [3.05, 3.63) is 54.6 Å². The lowest BCUT2D eigenvalue weighted by atomic mass is 10.0. The SMILES string of the molecule is CNC(Cc1cc(Br)cs1)Cc1ccc(Cl)cc1Cl. The maximum Gasteiger partial charge on any atom is 0.0453 e. The summed E-state index contributed by atoms with van der Waals surface area (Å²) >= 11 is 17.4. The molecular weight excluding hydrogens is 365 g/mol. The van der Waals surface area contributed by atoms with E-state index in [0.29, 0.717) is 11.1 Å². The first kappa shape index (κ1) is 15.3. The lowest BCUT2D eigenvalue weighted by molar-refractivity contribution is 0.560. The maximum atomic E-state index is 6.22. The van der Waals surface area contributed by atoms with Gasteiger partial charge in [-0.1, -0.05) is 29.3 Å². The normalized spacial score (nSPS) is 12.6. The van der Waals surface area contributed by atoms with Crippen LogP contribution in [0.3, 0.4) is 0 Å². The van der Waals surface area contributed by atoms with Crippen molar-refractivity contribution in [3.63, 3.8) is 0 Å². The van der Waals surface area contributed by atoms with Gasteiger partial charge in [0.25, 0.3) is 0 Å². The second-order valence-electron chi connectivity index (χ2n) is 4.36. The summed E-state index contributed by atoms with van der Waals surface area (Å²) in [5, 5.41) is 6.87. The second-order valence-corrected chi connectivity index (χ2v) is 7.12. The Morgan fingerprint density at radius 2 is 2.05 bits per heavy atom. The van der Waals surface area contributed by atoms with Crippen molar-refractivity contribution < 1.29 is 0 Å². The average molecular weight is 379 g/mol. The molecule has 102 valence electrons. The Bertz CT molecular complexity index is 556. The molecule has 1 aromatic heterocycles. The van der Waals surface area contributed by atoms with Gasteiger partial charge in [0, 0.05) is 30.8 Å². The third-order valence-electron chi connectivity index (χ3n) is 2.96. The van der Waals surface area contributed by atoms with Crippen molar-refractivity contribution in [1.82, 2.24) is 5.32 Å². The molecule has 0 aliphatic rings. The Kier molecular flexibility index (Phi) is 5.72. The number of benzene rings is 1. The molecule has 0 aliphatic carbocycles. The standard InChI is InChI=1S/C14H14BrCl2NS/c1-18-12(7-13-5-10(15)8-19-13)4-9-2-3-11(16)6-14(9)17/h2-3,5-6,8,12,18H,4,7H2,1H3. The number of hydrogen-bond donors (Lipinski definition) is 1. The summed E-state index contributed by atoms with van der Waals surface area (Å²) in [4.78, 5) is 1.36. The van der Waals surface area contributed by atoms with E-state index in [1.54, 1.807) is 17.4 Å². The van der Waals surface area contributed by atoms with Crippen molar-refractivity contribution >= 4 is 50.5 Å². The van der Waals surface area contributed by atoms with Crippen molar-refractivity contribution in [2.45, 2.75) is 18.9 Å². The van der Waals surface area contributed by atoms with Gasteiger partial charge in [-0.3, -0.25) is 0 Å². The van der Waals surface area contributed by atoms with Crippen molar-refractivity contribution in [1.29, 1.82) is 0 Å². The topological polar surface area (TPSA) is 12.0 Å². The minimum Gasteiger partial charge on any atom is -0.316 e. The Morgan fingerprint density at radius 1 is 1.26 bits per heavy atom. The highest BCUT2D eigenvalue weighted by Crippen LogP contribution is 2.25. The van der Waals surface area contributed by atoms with Gasteiger partial charge < -0.3 is 5.32 Å². The van der Waals surface area contributed by atoms with Crippen LogP contribution in [0.4, 0.5) is 0 Å². The molecular formula is C14H14BrCl2NS. The van der Waals surface area contributed by atoms with Gasteiger partial charge in [0.15, 0.2) is 0 Å². The van der Waals surface area contributed by atoms with Crippen LogP contribution in [0.25, 0.3) is 0 Å². The molecule has 1 N–H and O–H groups in total. The van der Waals surface area contributed by atoms with Crippen molar-refractivity contribution in [3.8, 4) is 0 Å². The van der Waals surface area contributed by atoms with Crippen LogP contribution in [0.2, 0.25) is 10.0 Å². The van der Waals surface area contributed by atoms with Gasteiger partial charge in [0.1, 0.15) is 0 Å². The average Bonchev–Trinajstić information content (AvgIpc) is 2.77. The largest absolute Gasteiger partial charge is 0.316 e. The first-order chi connectivity index (χ1) is 9.08. The molecule has 1 atom stereocenters. The van der Waals surface area contributed by atoms with Crippen LogP contribution in [0.5, 0.6) is 0 Å². The molecule has 1 nitrogen and oxygen atoms in total. The van der Waals surface area contributed by atoms with Crippen LogP contribution in [-0.2, 0) is 12.8 Å². The number of nitrogens with one attached hydrogen (secondary N) is 1. The van der Waals surface area contributed by atoms with Gasteiger partial charge in [0.05, 0.1) is 0 Å². The molecule has 0 saturated carbocycles. The Hall–Kier alpha value is -0.0600. The zero-order valence-electron chi connectivity index (χ0n) is 10.4. The van der Waals surface area contributed by atoms with Crippen molar-refractivity contribution in [2.75, 3.05) is 7.05 Å². The first-order valence-electron chi connectivity index (χ1n) is 5.92.